The van der Waals surface area contributed by atoms with Crippen molar-refractivity contribution in [2.75, 3.05) is 18.6 Å². The van der Waals surface area contributed by atoms with E-state index in [-0.39, 0.29) is 18.2 Å². The Labute approximate surface area is 101 Å². The molecule has 0 spiro atoms. The number of hydrogen-bond donors (Lipinski definition) is 0. The van der Waals surface area contributed by atoms with Gasteiger partial charge >= 0.3 is 5.97 Å². The van der Waals surface area contributed by atoms with Crippen LogP contribution in [0.2, 0.25) is 0 Å². The van der Waals surface area contributed by atoms with Crippen LogP contribution in [-0.4, -0.2) is 30.4 Å². The van der Waals surface area contributed by atoms with Crippen LogP contribution in [0.15, 0.2) is 0 Å². The summed E-state index contributed by atoms with van der Waals surface area (Å²) < 4.78 is 4.67. The van der Waals surface area contributed by atoms with E-state index in [0.29, 0.717) is 5.75 Å². The van der Waals surface area contributed by atoms with Gasteiger partial charge in [-0.15, -0.1) is 0 Å². The van der Waals surface area contributed by atoms with Gasteiger partial charge in [0.1, 0.15) is 5.78 Å². The fourth-order valence-corrected chi connectivity index (χ4v) is 2.63. The molecule has 0 aromatic carbocycles. The van der Waals surface area contributed by atoms with Crippen molar-refractivity contribution in [3.05, 3.63) is 0 Å². The van der Waals surface area contributed by atoms with E-state index in [1.165, 1.54) is 20.0 Å². The summed E-state index contributed by atoms with van der Waals surface area (Å²) >= 11 is 1.69. The molecule has 0 N–H and O–H groups in total. The molecule has 1 rings (SSSR count). The number of carbonyl (C=O) groups excluding carboxylic acids is 2. The van der Waals surface area contributed by atoms with Gasteiger partial charge in [0.15, 0.2) is 0 Å². The third-order valence-corrected chi connectivity index (χ3v) is 3.92. The van der Waals surface area contributed by atoms with Crippen LogP contribution in [0.4, 0.5) is 0 Å². The maximum absolute atomic E-state index is 11.7. The van der Waals surface area contributed by atoms with E-state index >= 15 is 0 Å². The molecule has 0 atom stereocenters. The van der Waals surface area contributed by atoms with Crippen molar-refractivity contribution < 1.29 is 14.3 Å². The van der Waals surface area contributed by atoms with E-state index in [1.54, 1.807) is 25.6 Å². The number of ketones is 1. The molecule has 0 heterocycles. The van der Waals surface area contributed by atoms with Crippen LogP contribution in [0.1, 0.15) is 33.1 Å². The van der Waals surface area contributed by atoms with Gasteiger partial charge in [-0.1, -0.05) is 0 Å². The first kappa shape index (κ1) is 13.6. The lowest BCUT2D eigenvalue weighted by atomic mass is 9.88. The number of carbonyl (C=O) groups is 2. The summed E-state index contributed by atoms with van der Waals surface area (Å²) in [5.41, 5.74) is -0.689. The molecule has 4 heteroatoms. The molecule has 1 saturated carbocycles. The predicted molar refractivity (Wildman–Crippen MR) is 65.5 cm³/mol. The molecular weight excluding hydrogens is 224 g/mol. The number of rotatable bonds is 7. The Hall–Kier alpha value is -0.510. The average Bonchev–Trinajstić information content (AvgIpc) is 2.99. The van der Waals surface area contributed by atoms with Crippen LogP contribution in [0.5, 0.6) is 0 Å². The second kappa shape index (κ2) is 5.71. The summed E-state index contributed by atoms with van der Waals surface area (Å²) in [5.74, 6) is 2.28. The van der Waals surface area contributed by atoms with Gasteiger partial charge < -0.3 is 4.74 Å². The summed E-state index contributed by atoms with van der Waals surface area (Å²) in [5, 5.41) is 0. The number of esters is 1. The second-order valence-electron chi connectivity index (χ2n) is 5.05. The number of ether oxygens (including phenoxy) is 1. The van der Waals surface area contributed by atoms with Crippen LogP contribution in [-0.2, 0) is 14.3 Å². The van der Waals surface area contributed by atoms with E-state index < -0.39 is 5.41 Å². The van der Waals surface area contributed by atoms with E-state index in [2.05, 4.69) is 4.74 Å². The van der Waals surface area contributed by atoms with Crippen molar-refractivity contribution in [1.29, 1.82) is 0 Å². The SMILES string of the molecule is COC(=O)C(C)(C)CC(=O)CSCC1CC1. The summed E-state index contributed by atoms with van der Waals surface area (Å²) in [6, 6.07) is 0. The number of thioether (sulfide) groups is 1. The number of hydrogen-bond acceptors (Lipinski definition) is 4. The smallest absolute Gasteiger partial charge is 0.311 e. The zero-order valence-electron chi connectivity index (χ0n) is 10.2. The van der Waals surface area contributed by atoms with E-state index in [0.717, 1.165) is 11.7 Å². The molecule has 1 fully saturated rings. The first-order valence-electron chi connectivity index (χ1n) is 5.63. The van der Waals surface area contributed by atoms with Crippen molar-refractivity contribution in [2.24, 2.45) is 11.3 Å². The molecule has 1 aliphatic carbocycles. The molecule has 92 valence electrons. The first-order valence-corrected chi connectivity index (χ1v) is 6.79. The van der Waals surface area contributed by atoms with Crippen LogP contribution in [0.3, 0.4) is 0 Å². The quantitative estimate of drug-likeness (QED) is 0.644. The summed E-state index contributed by atoms with van der Waals surface area (Å²) in [6.45, 7) is 3.50. The molecule has 3 nitrogen and oxygen atoms in total. The standard InChI is InChI=1S/C12H20O3S/c1-12(2,11(14)15-3)6-10(13)8-16-7-9-4-5-9/h9H,4-8H2,1-3H3. The van der Waals surface area contributed by atoms with Crippen LogP contribution in [0.25, 0.3) is 0 Å². The molecular formula is C12H20O3S. The molecule has 16 heavy (non-hydrogen) atoms. The molecule has 0 saturated heterocycles. The molecule has 0 aromatic rings. The minimum atomic E-state index is -0.689. The van der Waals surface area contributed by atoms with Gasteiger partial charge in [-0.2, -0.15) is 11.8 Å². The van der Waals surface area contributed by atoms with E-state index in [1.807, 2.05) is 0 Å². The Bertz CT molecular complexity index is 269. The lowest BCUT2D eigenvalue weighted by Gasteiger charge is -2.20. The Balaban J connectivity index is 2.22. The van der Waals surface area contributed by atoms with Gasteiger partial charge in [-0.05, 0) is 38.4 Å². The maximum Gasteiger partial charge on any atom is 0.311 e. The first-order chi connectivity index (χ1) is 7.45. The Morgan fingerprint density at radius 2 is 2.00 bits per heavy atom. The molecule has 0 radical (unpaired) electrons. The highest BCUT2D eigenvalue weighted by Crippen LogP contribution is 2.32. The topological polar surface area (TPSA) is 43.4 Å². The van der Waals surface area contributed by atoms with Gasteiger partial charge in [0.25, 0.3) is 0 Å². The van der Waals surface area contributed by atoms with E-state index in [4.69, 9.17) is 0 Å². The van der Waals surface area contributed by atoms with Crippen molar-refractivity contribution in [1.82, 2.24) is 0 Å². The van der Waals surface area contributed by atoms with E-state index in [9.17, 15) is 9.59 Å². The number of methoxy groups -OCH3 is 1. The van der Waals surface area contributed by atoms with Gasteiger partial charge in [-0.25, -0.2) is 0 Å². The fourth-order valence-electron chi connectivity index (χ4n) is 1.52. The highest BCUT2D eigenvalue weighted by atomic mass is 32.2. The minimum absolute atomic E-state index is 0.140. The molecule has 0 unspecified atom stereocenters. The molecule has 0 aromatic heterocycles. The van der Waals surface area contributed by atoms with Crippen molar-refractivity contribution >= 4 is 23.5 Å². The lowest BCUT2D eigenvalue weighted by molar-refractivity contribution is -0.152. The Kier molecular flexibility index (Phi) is 4.84. The third kappa shape index (κ3) is 4.56. The van der Waals surface area contributed by atoms with Crippen molar-refractivity contribution in [3.8, 4) is 0 Å². The van der Waals surface area contributed by atoms with Crippen molar-refractivity contribution in [3.63, 3.8) is 0 Å². The lowest BCUT2D eigenvalue weighted by Crippen LogP contribution is -2.29. The molecule has 0 amide bonds. The van der Waals surface area contributed by atoms with Gasteiger partial charge in [-0.3, -0.25) is 9.59 Å². The average molecular weight is 244 g/mol. The molecule has 0 bridgehead atoms. The van der Waals surface area contributed by atoms with Crippen LogP contribution < -0.4 is 0 Å². The minimum Gasteiger partial charge on any atom is -0.469 e. The third-order valence-electron chi connectivity index (χ3n) is 2.69. The highest BCUT2D eigenvalue weighted by molar-refractivity contribution is 7.99. The van der Waals surface area contributed by atoms with Gasteiger partial charge in [0.05, 0.1) is 18.3 Å². The molecule has 1 aliphatic rings. The second-order valence-corrected chi connectivity index (χ2v) is 6.08. The highest BCUT2D eigenvalue weighted by Gasteiger charge is 2.31. The maximum atomic E-state index is 11.7. The summed E-state index contributed by atoms with van der Waals surface area (Å²) in [4.78, 5) is 23.0. The van der Waals surface area contributed by atoms with Gasteiger partial charge in [0.2, 0.25) is 0 Å². The Morgan fingerprint density at radius 1 is 1.38 bits per heavy atom. The zero-order valence-corrected chi connectivity index (χ0v) is 11.1. The summed E-state index contributed by atoms with van der Waals surface area (Å²) in [6.07, 6.45) is 2.90. The Morgan fingerprint density at radius 3 is 2.50 bits per heavy atom. The van der Waals surface area contributed by atoms with Crippen LogP contribution >= 0.6 is 11.8 Å². The van der Waals surface area contributed by atoms with Crippen LogP contribution in [0, 0.1) is 11.3 Å². The summed E-state index contributed by atoms with van der Waals surface area (Å²) in [7, 11) is 1.36. The molecule has 0 aliphatic heterocycles. The van der Waals surface area contributed by atoms with Crippen molar-refractivity contribution in [2.45, 2.75) is 33.1 Å². The number of Topliss-reactive ketones (excluding diaryl/α,β-unsaturated/α-hetero) is 1. The fraction of sp³-hybridized carbons (Fsp3) is 0.833. The zero-order chi connectivity index (χ0) is 12.2. The monoisotopic (exact) mass is 244 g/mol. The largest absolute Gasteiger partial charge is 0.469 e. The predicted octanol–water partition coefficient (Wildman–Crippen LogP) is 2.29. The normalized spacial score (nSPS) is 15.9. The van der Waals surface area contributed by atoms with Gasteiger partial charge in [0, 0.05) is 6.42 Å².